The molecular formula is C22H23NO5. The van der Waals surface area contributed by atoms with Gasteiger partial charge >= 0.3 is 5.97 Å². The summed E-state index contributed by atoms with van der Waals surface area (Å²) < 4.78 is 10.7. The van der Waals surface area contributed by atoms with Gasteiger partial charge in [-0.25, -0.2) is 4.79 Å². The van der Waals surface area contributed by atoms with Gasteiger partial charge < -0.3 is 14.4 Å². The standard InChI is InChI=1S/C22H23NO5/c1-14(2)27-12-15-4-6-16(7-5-15)22(26)28-13-20(24)17-8-9-19-18(10-17)11-21(25)23(19)3/h4-10,14H,11-13H2,1-3H3. The van der Waals surface area contributed by atoms with E-state index in [1.54, 1.807) is 54.4 Å². The number of amides is 1. The third-order valence-electron chi connectivity index (χ3n) is 4.59. The fraction of sp³-hybridized carbons (Fsp3) is 0.318. The van der Waals surface area contributed by atoms with Crippen LogP contribution in [0.3, 0.4) is 0 Å². The topological polar surface area (TPSA) is 72.9 Å². The predicted octanol–water partition coefficient (Wildman–Crippen LogP) is 3.17. The molecule has 28 heavy (non-hydrogen) atoms. The summed E-state index contributed by atoms with van der Waals surface area (Å²) in [5.74, 6) is -0.867. The minimum absolute atomic E-state index is 0.00623. The van der Waals surface area contributed by atoms with Gasteiger partial charge in [-0.1, -0.05) is 12.1 Å². The second-order valence-electron chi connectivity index (χ2n) is 7.03. The van der Waals surface area contributed by atoms with E-state index in [1.807, 2.05) is 13.8 Å². The number of rotatable bonds is 7. The first-order valence-corrected chi connectivity index (χ1v) is 9.15. The number of carbonyl (C=O) groups is 3. The van der Waals surface area contributed by atoms with E-state index >= 15 is 0 Å². The fourth-order valence-corrected chi connectivity index (χ4v) is 2.94. The molecule has 0 bridgehead atoms. The van der Waals surface area contributed by atoms with Crippen LogP contribution in [0.15, 0.2) is 42.5 Å². The second-order valence-corrected chi connectivity index (χ2v) is 7.03. The van der Waals surface area contributed by atoms with Crippen molar-refractivity contribution in [3.63, 3.8) is 0 Å². The number of anilines is 1. The third-order valence-corrected chi connectivity index (χ3v) is 4.59. The highest BCUT2D eigenvalue weighted by molar-refractivity contribution is 6.04. The maximum Gasteiger partial charge on any atom is 0.338 e. The molecule has 2 aromatic rings. The molecule has 3 rings (SSSR count). The highest BCUT2D eigenvalue weighted by atomic mass is 16.5. The molecule has 0 spiro atoms. The van der Waals surface area contributed by atoms with E-state index in [1.165, 1.54) is 0 Å². The summed E-state index contributed by atoms with van der Waals surface area (Å²) in [4.78, 5) is 37.8. The van der Waals surface area contributed by atoms with Crippen molar-refractivity contribution >= 4 is 23.3 Å². The number of esters is 1. The summed E-state index contributed by atoms with van der Waals surface area (Å²) in [6, 6.07) is 12.0. The van der Waals surface area contributed by atoms with Gasteiger partial charge in [0.15, 0.2) is 12.4 Å². The lowest BCUT2D eigenvalue weighted by atomic mass is 10.1. The largest absolute Gasteiger partial charge is 0.454 e. The van der Waals surface area contributed by atoms with Gasteiger partial charge in [-0.3, -0.25) is 9.59 Å². The molecule has 6 nitrogen and oxygen atoms in total. The molecular weight excluding hydrogens is 358 g/mol. The normalized spacial score (nSPS) is 13.0. The van der Waals surface area contributed by atoms with Crippen molar-refractivity contribution in [2.24, 2.45) is 0 Å². The quantitative estimate of drug-likeness (QED) is 0.544. The molecule has 0 saturated heterocycles. The van der Waals surface area contributed by atoms with Gasteiger partial charge in [-0.05, 0) is 55.3 Å². The Kier molecular flexibility index (Phi) is 5.90. The molecule has 0 saturated carbocycles. The molecule has 0 aliphatic carbocycles. The molecule has 0 atom stereocenters. The molecule has 6 heteroatoms. The number of hydrogen-bond donors (Lipinski definition) is 0. The SMILES string of the molecule is CC(C)OCc1ccc(C(=O)OCC(=O)c2ccc3c(c2)CC(=O)N3C)cc1. The van der Waals surface area contributed by atoms with E-state index in [2.05, 4.69) is 0 Å². The van der Waals surface area contributed by atoms with E-state index in [0.29, 0.717) is 17.7 Å². The van der Waals surface area contributed by atoms with Crippen LogP contribution >= 0.6 is 0 Å². The van der Waals surface area contributed by atoms with Crippen LogP contribution in [0.2, 0.25) is 0 Å². The van der Waals surface area contributed by atoms with Crippen LogP contribution in [0.1, 0.15) is 45.7 Å². The fourth-order valence-electron chi connectivity index (χ4n) is 2.94. The Morgan fingerprint density at radius 3 is 2.43 bits per heavy atom. The van der Waals surface area contributed by atoms with Crippen LogP contribution in [0.25, 0.3) is 0 Å². The molecule has 0 radical (unpaired) electrons. The summed E-state index contributed by atoms with van der Waals surface area (Å²) in [6.07, 6.45) is 0.410. The third kappa shape index (κ3) is 4.46. The maximum atomic E-state index is 12.4. The number of carbonyl (C=O) groups excluding carboxylic acids is 3. The monoisotopic (exact) mass is 381 g/mol. The molecule has 2 aromatic carbocycles. The Labute approximate surface area is 164 Å². The highest BCUT2D eigenvalue weighted by Crippen LogP contribution is 2.28. The van der Waals surface area contributed by atoms with Crippen molar-refractivity contribution in [1.29, 1.82) is 0 Å². The van der Waals surface area contributed by atoms with Crippen LogP contribution in [0.4, 0.5) is 5.69 Å². The number of ether oxygens (including phenoxy) is 2. The van der Waals surface area contributed by atoms with E-state index in [-0.39, 0.29) is 30.8 Å². The van der Waals surface area contributed by atoms with Crippen LogP contribution in [-0.2, 0) is 27.3 Å². The molecule has 0 aromatic heterocycles. The number of ketones is 1. The minimum Gasteiger partial charge on any atom is -0.454 e. The Balaban J connectivity index is 1.57. The minimum atomic E-state index is -0.555. The highest BCUT2D eigenvalue weighted by Gasteiger charge is 2.25. The van der Waals surface area contributed by atoms with Crippen molar-refractivity contribution in [2.45, 2.75) is 33.0 Å². The van der Waals surface area contributed by atoms with Gasteiger partial charge in [0.05, 0.1) is 24.7 Å². The first-order chi connectivity index (χ1) is 13.3. The molecule has 1 heterocycles. The van der Waals surface area contributed by atoms with Crippen molar-refractivity contribution < 1.29 is 23.9 Å². The van der Waals surface area contributed by atoms with Crippen LogP contribution in [0, 0.1) is 0 Å². The number of nitrogens with zero attached hydrogens (tertiary/aromatic N) is 1. The Hall–Kier alpha value is -2.99. The van der Waals surface area contributed by atoms with Gasteiger partial charge in [-0.15, -0.1) is 0 Å². The first-order valence-electron chi connectivity index (χ1n) is 9.15. The molecule has 1 aliphatic rings. The Morgan fingerprint density at radius 1 is 1.07 bits per heavy atom. The summed E-state index contributed by atoms with van der Waals surface area (Å²) in [5.41, 5.74) is 3.38. The number of Topliss-reactive ketones (excluding diaryl/α,β-unsaturated/α-hetero) is 1. The van der Waals surface area contributed by atoms with E-state index in [4.69, 9.17) is 9.47 Å². The van der Waals surface area contributed by atoms with E-state index in [0.717, 1.165) is 16.8 Å². The van der Waals surface area contributed by atoms with Crippen LogP contribution in [0.5, 0.6) is 0 Å². The summed E-state index contributed by atoms with van der Waals surface area (Å²) in [6.45, 7) is 4.04. The lowest BCUT2D eigenvalue weighted by Gasteiger charge is -2.10. The lowest BCUT2D eigenvalue weighted by molar-refractivity contribution is -0.117. The Bertz CT molecular complexity index is 902. The van der Waals surface area contributed by atoms with Gasteiger partial charge in [-0.2, -0.15) is 0 Å². The zero-order valence-electron chi connectivity index (χ0n) is 16.2. The summed E-state index contributed by atoms with van der Waals surface area (Å²) in [7, 11) is 1.71. The number of likely N-dealkylation sites (N-methyl/N-ethyl adjacent to an activating group) is 1. The molecule has 1 amide bonds. The van der Waals surface area contributed by atoms with Crippen molar-refractivity contribution in [2.75, 3.05) is 18.6 Å². The number of fused-ring (bicyclic) bond motifs is 1. The molecule has 0 unspecified atom stereocenters. The van der Waals surface area contributed by atoms with Crippen molar-refractivity contribution in [1.82, 2.24) is 0 Å². The Morgan fingerprint density at radius 2 is 1.75 bits per heavy atom. The first kappa shape index (κ1) is 19.8. The zero-order chi connectivity index (χ0) is 20.3. The average Bonchev–Trinajstić information content (AvgIpc) is 2.97. The van der Waals surface area contributed by atoms with Crippen molar-refractivity contribution in [3.8, 4) is 0 Å². The summed E-state index contributed by atoms with van der Waals surface area (Å²) >= 11 is 0. The van der Waals surface area contributed by atoms with Gasteiger partial charge in [0, 0.05) is 18.3 Å². The van der Waals surface area contributed by atoms with Gasteiger partial charge in [0.2, 0.25) is 5.91 Å². The molecule has 146 valence electrons. The van der Waals surface area contributed by atoms with E-state index in [9.17, 15) is 14.4 Å². The smallest absolute Gasteiger partial charge is 0.338 e. The van der Waals surface area contributed by atoms with Gasteiger partial charge in [0.1, 0.15) is 0 Å². The lowest BCUT2D eigenvalue weighted by Crippen LogP contribution is -2.20. The molecule has 0 N–H and O–H groups in total. The van der Waals surface area contributed by atoms with Crippen LogP contribution < -0.4 is 4.90 Å². The molecule has 1 aliphatic heterocycles. The second kappa shape index (κ2) is 8.35. The summed E-state index contributed by atoms with van der Waals surface area (Å²) in [5, 5.41) is 0. The van der Waals surface area contributed by atoms with Crippen molar-refractivity contribution in [3.05, 3.63) is 64.7 Å². The van der Waals surface area contributed by atoms with E-state index < -0.39 is 5.97 Å². The predicted molar refractivity (Wildman–Crippen MR) is 105 cm³/mol. The van der Waals surface area contributed by atoms with Crippen LogP contribution in [-0.4, -0.2) is 37.4 Å². The zero-order valence-corrected chi connectivity index (χ0v) is 16.2. The maximum absolute atomic E-state index is 12.4. The average molecular weight is 381 g/mol. The number of benzene rings is 2. The van der Waals surface area contributed by atoms with Gasteiger partial charge in [0.25, 0.3) is 0 Å². The molecule has 0 fully saturated rings. The number of hydrogen-bond acceptors (Lipinski definition) is 5.